The van der Waals surface area contributed by atoms with Crippen molar-refractivity contribution in [2.45, 2.75) is 20.3 Å². The summed E-state index contributed by atoms with van der Waals surface area (Å²) < 4.78 is 5.56. The molecule has 0 bridgehead atoms. The second-order valence-electron chi connectivity index (χ2n) is 4.57. The van der Waals surface area contributed by atoms with Gasteiger partial charge < -0.3 is 15.4 Å². The summed E-state index contributed by atoms with van der Waals surface area (Å²) in [6.45, 7) is 6.85. The van der Waals surface area contributed by atoms with Gasteiger partial charge in [-0.15, -0.1) is 12.4 Å². The van der Waals surface area contributed by atoms with Crippen molar-refractivity contribution < 1.29 is 9.53 Å². The minimum absolute atomic E-state index is 0. The molecule has 1 amide bonds. The fraction of sp³-hybridized carbons (Fsp3) is 0.533. The molecule has 1 unspecified atom stereocenters. The number of para-hydroxylation sites is 1. The van der Waals surface area contributed by atoms with Crippen LogP contribution in [0.5, 0.6) is 5.75 Å². The van der Waals surface area contributed by atoms with Crippen LogP contribution in [-0.4, -0.2) is 32.1 Å². The van der Waals surface area contributed by atoms with E-state index in [1.807, 2.05) is 37.3 Å². The number of ether oxygens (including phenoxy) is 1. The van der Waals surface area contributed by atoms with Crippen LogP contribution in [0, 0.1) is 5.92 Å². The van der Waals surface area contributed by atoms with Gasteiger partial charge in [-0.2, -0.15) is 0 Å². The number of carbonyl (C=O) groups excluding carboxylic acids is 1. The smallest absolute Gasteiger partial charge is 0.226 e. The molecule has 1 aromatic carbocycles. The van der Waals surface area contributed by atoms with Crippen molar-refractivity contribution in [2.75, 3.05) is 26.2 Å². The Labute approximate surface area is 127 Å². The Balaban J connectivity index is 0.00000361. The van der Waals surface area contributed by atoms with Crippen LogP contribution in [0.3, 0.4) is 0 Å². The Bertz CT molecular complexity index is 360. The zero-order chi connectivity index (χ0) is 13.9. The van der Waals surface area contributed by atoms with Gasteiger partial charge in [0.25, 0.3) is 0 Å². The van der Waals surface area contributed by atoms with E-state index in [0.717, 1.165) is 25.3 Å². The quantitative estimate of drug-likeness (QED) is 0.688. The molecule has 0 heterocycles. The van der Waals surface area contributed by atoms with Crippen molar-refractivity contribution in [1.82, 2.24) is 10.6 Å². The monoisotopic (exact) mass is 300 g/mol. The van der Waals surface area contributed by atoms with Gasteiger partial charge in [0.1, 0.15) is 5.75 Å². The van der Waals surface area contributed by atoms with Gasteiger partial charge in [-0.25, -0.2) is 0 Å². The van der Waals surface area contributed by atoms with Gasteiger partial charge in [0.05, 0.1) is 12.5 Å². The number of rotatable bonds is 9. The number of amides is 1. The van der Waals surface area contributed by atoms with Crippen molar-refractivity contribution in [3.05, 3.63) is 30.3 Å². The van der Waals surface area contributed by atoms with Crippen LogP contribution in [0.4, 0.5) is 0 Å². The minimum atomic E-state index is -0.147. The van der Waals surface area contributed by atoms with Crippen molar-refractivity contribution in [3.63, 3.8) is 0 Å². The van der Waals surface area contributed by atoms with E-state index in [-0.39, 0.29) is 24.2 Å². The Kier molecular flexibility index (Phi) is 10.8. The van der Waals surface area contributed by atoms with E-state index in [2.05, 4.69) is 17.6 Å². The molecule has 1 rings (SSSR count). The van der Waals surface area contributed by atoms with E-state index >= 15 is 0 Å². The van der Waals surface area contributed by atoms with Gasteiger partial charge in [-0.05, 0) is 25.1 Å². The first-order chi connectivity index (χ1) is 9.24. The molecule has 0 aliphatic heterocycles. The highest BCUT2D eigenvalue weighted by Gasteiger charge is 2.12. The van der Waals surface area contributed by atoms with Crippen LogP contribution in [0.15, 0.2) is 30.3 Å². The summed E-state index contributed by atoms with van der Waals surface area (Å²) >= 11 is 0. The molecule has 2 N–H and O–H groups in total. The lowest BCUT2D eigenvalue weighted by atomic mass is 10.2. The molecular weight excluding hydrogens is 276 g/mol. The van der Waals surface area contributed by atoms with Gasteiger partial charge in [-0.3, -0.25) is 4.79 Å². The third kappa shape index (κ3) is 8.02. The molecule has 1 atom stereocenters. The molecule has 4 nitrogen and oxygen atoms in total. The molecule has 0 aliphatic carbocycles. The molecule has 5 heteroatoms. The van der Waals surface area contributed by atoms with E-state index in [4.69, 9.17) is 4.74 Å². The maximum absolute atomic E-state index is 11.8. The van der Waals surface area contributed by atoms with Crippen molar-refractivity contribution in [3.8, 4) is 5.75 Å². The van der Waals surface area contributed by atoms with E-state index in [9.17, 15) is 4.79 Å². The van der Waals surface area contributed by atoms with Crippen molar-refractivity contribution in [1.29, 1.82) is 0 Å². The average Bonchev–Trinajstić information content (AvgIpc) is 2.45. The standard InChI is InChI=1S/C15H24N2O2.ClH/c1-3-9-16-10-11-17-15(18)13(2)12-19-14-7-5-4-6-8-14;/h4-8,13,16H,3,9-12H2,1-2H3,(H,17,18);1H. The number of carbonyl (C=O) groups is 1. The molecule has 20 heavy (non-hydrogen) atoms. The van der Waals surface area contributed by atoms with Crippen LogP contribution in [0.25, 0.3) is 0 Å². The summed E-state index contributed by atoms with van der Waals surface area (Å²) in [6.07, 6.45) is 1.11. The summed E-state index contributed by atoms with van der Waals surface area (Å²) in [5.74, 6) is 0.687. The molecular formula is C15H25ClN2O2. The lowest BCUT2D eigenvalue weighted by molar-refractivity contribution is -0.125. The molecule has 0 aliphatic rings. The number of benzene rings is 1. The highest BCUT2D eigenvalue weighted by molar-refractivity contribution is 5.85. The number of hydrogen-bond acceptors (Lipinski definition) is 3. The Morgan fingerprint density at radius 3 is 2.55 bits per heavy atom. The number of nitrogens with one attached hydrogen (secondary N) is 2. The molecule has 0 fully saturated rings. The lowest BCUT2D eigenvalue weighted by Gasteiger charge is -2.13. The predicted octanol–water partition coefficient (Wildman–Crippen LogP) is 2.24. The van der Waals surface area contributed by atoms with Crippen molar-refractivity contribution in [2.24, 2.45) is 5.92 Å². The topological polar surface area (TPSA) is 50.4 Å². The first-order valence-corrected chi connectivity index (χ1v) is 6.90. The van der Waals surface area contributed by atoms with E-state index in [1.54, 1.807) is 0 Å². The Morgan fingerprint density at radius 1 is 1.20 bits per heavy atom. The Hall–Kier alpha value is -1.26. The number of halogens is 1. The molecule has 0 spiro atoms. The fourth-order valence-corrected chi connectivity index (χ4v) is 1.56. The van der Waals surface area contributed by atoms with E-state index in [1.165, 1.54) is 0 Å². The third-order valence-electron chi connectivity index (χ3n) is 2.72. The van der Waals surface area contributed by atoms with Gasteiger partial charge >= 0.3 is 0 Å². The summed E-state index contributed by atoms with van der Waals surface area (Å²) in [7, 11) is 0. The number of hydrogen-bond donors (Lipinski definition) is 2. The SMILES string of the molecule is CCCNCCNC(=O)C(C)COc1ccccc1.Cl. The summed E-state index contributed by atoms with van der Waals surface area (Å²) in [5, 5.41) is 6.14. The molecule has 0 radical (unpaired) electrons. The zero-order valence-corrected chi connectivity index (χ0v) is 13.0. The summed E-state index contributed by atoms with van der Waals surface area (Å²) in [4.78, 5) is 11.8. The molecule has 1 aromatic rings. The second kappa shape index (κ2) is 11.6. The molecule has 114 valence electrons. The van der Waals surface area contributed by atoms with Gasteiger partial charge in [0.2, 0.25) is 5.91 Å². The van der Waals surface area contributed by atoms with Crippen LogP contribution in [0.2, 0.25) is 0 Å². The van der Waals surface area contributed by atoms with E-state index in [0.29, 0.717) is 13.2 Å². The minimum Gasteiger partial charge on any atom is -0.493 e. The van der Waals surface area contributed by atoms with Crippen LogP contribution < -0.4 is 15.4 Å². The van der Waals surface area contributed by atoms with Crippen molar-refractivity contribution >= 4 is 18.3 Å². The predicted molar refractivity (Wildman–Crippen MR) is 84.5 cm³/mol. The van der Waals surface area contributed by atoms with Crippen LogP contribution in [0.1, 0.15) is 20.3 Å². The van der Waals surface area contributed by atoms with Crippen LogP contribution in [-0.2, 0) is 4.79 Å². The summed E-state index contributed by atoms with van der Waals surface area (Å²) in [6, 6.07) is 9.55. The van der Waals surface area contributed by atoms with Gasteiger partial charge in [-0.1, -0.05) is 32.0 Å². The Morgan fingerprint density at radius 2 is 1.90 bits per heavy atom. The largest absolute Gasteiger partial charge is 0.493 e. The maximum Gasteiger partial charge on any atom is 0.226 e. The normalized spacial score (nSPS) is 11.3. The highest BCUT2D eigenvalue weighted by atomic mass is 35.5. The molecule has 0 saturated carbocycles. The maximum atomic E-state index is 11.8. The molecule has 0 aromatic heterocycles. The summed E-state index contributed by atoms with van der Waals surface area (Å²) in [5.41, 5.74) is 0. The van der Waals surface area contributed by atoms with Gasteiger partial charge in [0, 0.05) is 13.1 Å². The average molecular weight is 301 g/mol. The highest BCUT2D eigenvalue weighted by Crippen LogP contribution is 2.09. The fourth-order valence-electron chi connectivity index (χ4n) is 1.56. The third-order valence-corrected chi connectivity index (χ3v) is 2.72. The molecule has 0 saturated heterocycles. The van der Waals surface area contributed by atoms with Crippen LogP contribution >= 0.6 is 12.4 Å². The second-order valence-corrected chi connectivity index (χ2v) is 4.57. The first kappa shape index (κ1) is 18.7. The zero-order valence-electron chi connectivity index (χ0n) is 12.2. The lowest BCUT2D eigenvalue weighted by Crippen LogP contribution is -2.37. The first-order valence-electron chi connectivity index (χ1n) is 6.90. The van der Waals surface area contributed by atoms with Gasteiger partial charge in [0.15, 0.2) is 0 Å². The van der Waals surface area contributed by atoms with E-state index < -0.39 is 0 Å².